The summed E-state index contributed by atoms with van der Waals surface area (Å²) in [7, 11) is 0. The maximum absolute atomic E-state index is 10.4. The van der Waals surface area contributed by atoms with Gasteiger partial charge in [0.2, 0.25) is 0 Å². The molecule has 6 nitrogen and oxygen atoms in total. The SMILES string of the molecule is O=C(O)CCNc1cc(Nc2ccccc2Br)ncn1. The highest BCUT2D eigenvalue weighted by atomic mass is 79.9. The van der Waals surface area contributed by atoms with Crippen molar-refractivity contribution in [1.82, 2.24) is 9.97 Å². The Bertz CT molecular complexity index is 606. The van der Waals surface area contributed by atoms with Crippen LogP contribution in [0.1, 0.15) is 6.42 Å². The van der Waals surface area contributed by atoms with Gasteiger partial charge in [0, 0.05) is 17.1 Å². The first kappa shape index (κ1) is 14.3. The summed E-state index contributed by atoms with van der Waals surface area (Å²) in [5.74, 6) is 0.360. The Balaban J connectivity index is 2.02. The van der Waals surface area contributed by atoms with E-state index >= 15 is 0 Å². The maximum Gasteiger partial charge on any atom is 0.305 e. The summed E-state index contributed by atoms with van der Waals surface area (Å²) in [5.41, 5.74) is 0.891. The van der Waals surface area contributed by atoms with Gasteiger partial charge in [0.25, 0.3) is 0 Å². The fourth-order valence-electron chi connectivity index (χ4n) is 1.52. The van der Waals surface area contributed by atoms with Crippen LogP contribution in [0.3, 0.4) is 0 Å². The molecule has 20 heavy (non-hydrogen) atoms. The lowest BCUT2D eigenvalue weighted by Crippen LogP contribution is -2.09. The van der Waals surface area contributed by atoms with Crippen molar-refractivity contribution in [2.75, 3.05) is 17.2 Å². The summed E-state index contributed by atoms with van der Waals surface area (Å²) >= 11 is 3.44. The molecule has 104 valence electrons. The van der Waals surface area contributed by atoms with Gasteiger partial charge < -0.3 is 15.7 Å². The molecule has 0 aliphatic rings. The van der Waals surface area contributed by atoms with Gasteiger partial charge in [-0.1, -0.05) is 12.1 Å². The topological polar surface area (TPSA) is 87.1 Å². The summed E-state index contributed by atoms with van der Waals surface area (Å²) in [4.78, 5) is 18.6. The Morgan fingerprint density at radius 1 is 1.25 bits per heavy atom. The molecular formula is C13H13BrN4O2. The number of nitrogens with one attached hydrogen (secondary N) is 2. The lowest BCUT2D eigenvalue weighted by Gasteiger charge is -2.09. The Hall–Kier alpha value is -2.15. The lowest BCUT2D eigenvalue weighted by atomic mass is 10.3. The van der Waals surface area contributed by atoms with E-state index in [2.05, 4.69) is 36.5 Å². The number of aromatic nitrogens is 2. The molecule has 7 heteroatoms. The van der Waals surface area contributed by atoms with E-state index in [0.29, 0.717) is 18.2 Å². The quantitative estimate of drug-likeness (QED) is 0.751. The van der Waals surface area contributed by atoms with E-state index in [1.807, 2.05) is 24.3 Å². The Labute approximate surface area is 124 Å². The van der Waals surface area contributed by atoms with Gasteiger partial charge >= 0.3 is 5.97 Å². The average Bonchev–Trinajstić information content (AvgIpc) is 2.41. The standard InChI is InChI=1S/C13H13BrN4O2/c14-9-3-1-2-4-10(9)18-12-7-11(16-8-17-12)15-6-5-13(19)20/h1-4,7-8H,5-6H2,(H,19,20)(H2,15,16,17,18). The van der Waals surface area contributed by atoms with E-state index in [9.17, 15) is 4.79 Å². The first-order valence-electron chi connectivity index (χ1n) is 5.94. The highest BCUT2D eigenvalue weighted by molar-refractivity contribution is 9.10. The number of carboxylic acids is 1. The van der Waals surface area contributed by atoms with Crippen molar-refractivity contribution in [3.63, 3.8) is 0 Å². The normalized spacial score (nSPS) is 10.1. The predicted octanol–water partition coefficient (Wildman–Crippen LogP) is 2.87. The zero-order valence-corrected chi connectivity index (χ0v) is 12.1. The fraction of sp³-hybridized carbons (Fsp3) is 0.154. The third-order valence-corrected chi connectivity index (χ3v) is 3.14. The molecule has 0 aliphatic heterocycles. The summed E-state index contributed by atoms with van der Waals surface area (Å²) in [6, 6.07) is 9.41. The molecule has 0 spiro atoms. The number of benzene rings is 1. The maximum atomic E-state index is 10.4. The summed E-state index contributed by atoms with van der Waals surface area (Å²) in [6.07, 6.45) is 1.46. The van der Waals surface area contributed by atoms with Crippen LogP contribution in [-0.4, -0.2) is 27.6 Å². The van der Waals surface area contributed by atoms with Crippen molar-refractivity contribution in [3.05, 3.63) is 41.1 Å². The number of halogens is 1. The number of carbonyl (C=O) groups is 1. The van der Waals surface area contributed by atoms with Crippen LogP contribution < -0.4 is 10.6 Å². The molecule has 0 bridgehead atoms. The van der Waals surface area contributed by atoms with E-state index in [0.717, 1.165) is 10.2 Å². The minimum atomic E-state index is -0.849. The van der Waals surface area contributed by atoms with Gasteiger partial charge in [0.1, 0.15) is 18.0 Å². The van der Waals surface area contributed by atoms with E-state index in [-0.39, 0.29) is 6.42 Å². The van der Waals surface area contributed by atoms with Gasteiger partial charge in [0.15, 0.2) is 0 Å². The van der Waals surface area contributed by atoms with Crippen LogP contribution in [0.25, 0.3) is 0 Å². The van der Waals surface area contributed by atoms with Gasteiger partial charge in [-0.3, -0.25) is 4.79 Å². The van der Waals surface area contributed by atoms with Crippen molar-refractivity contribution >= 4 is 39.2 Å². The smallest absolute Gasteiger partial charge is 0.305 e. The van der Waals surface area contributed by atoms with Crippen molar-refractivity contribution in [2.45, 2.75) is 6.42 Å². The zero-order chi connectivity index (χ0) is 14.4. The van der Waals surface area contributed by atoms with E-state index in [1.165, 1.54) is 6.33 Å². The highest BCUT2D eigenvalue weighted by Crippen LogP contribution is 2.24. The van der Waals surface area contributed by atoms with Crippen LogP contribution in [0.5, 0.6) is 0 Å². The van der Waals surface area contributed by atoms with E-state index in [4.69, 9.17) is 5.11 Å². The Morgan fingerprint density at radius 2 is 2.00 bits per heavy atom. The molecule has 0 atom stereocenters. The number of hydrogen-bond acceptors (Lipinski definition) is 5. The van der Waals surface area contributed by atoms with Crippen LogP contribution in [0.4, 0.5) is 17.3 Å². The molecule has 1 aromatic heterocycles. The number of carboxylic acid groups (broad SMARTS) is 1. The lowest BCUT2D eigenvalue weighted by molar-refractivity contribution is -0.136. The first-order valence-corrected chi connectivity index (χ1v) is 6.74. The third-order valence-electron chi connectivity index (χ3n) is 2.45. The van der Waals surface area contributed by atoms with Gasteiger partial charge in [-0.2, -0.15) is 0 Å². The molecular weight excluding hydrogens is 324 g/mol. The molecule has 0 fully saturated rings. The van der Waals surface area contributed by atoms with Crippen LogP contribution in [-0.2, 0) is 4.79 Å². The number of nitrogens with zero attached hydrogens (tertiary/aromatic N) is 2. The average molecular weight is 337 g/mol. The third kappa shape index (κ3) is 4.20. The van der Waals surface area contributed by atoms with Crippen molar-refractivity contribution < 1.29 is 9.90 Å². The second-order valence-electron chi connectivity index (χ2n) is 3.96. The Kier molecular flexibility index (Phi) is 4.89. The van der Waals surface area contributed by atoms with Gasteiger partial charge in [0.05, 0.1) is 12.1 Å². The second kappa shape index (κ2) is 6.85. The molecule has 0 unspecified atom stereocenters. The molecule has 0 radical (unpaired) electrons. The van der Waals surface area contributed by atoms with E-state index < -0.39 is 5.97 Å². The molecule has 0 amide bonds. The molecule has 3 N–H and O–H groups in total. The second-order valence-corrected chi connectivity index (χ2v) is 4.82. The molecule has 0 saturated heterocycles. The van der Waals surface area contributed by atoms with Crippen molar-refractivity contribution in [3.8, 4) is 0 Å². The van der Waals surface area contributed by atoms with Crippen molar-refractivity contribution in [1.29, 1.82) is 0 Å². The molecule has 1 aromatic carbocycles. The number of hydrogen-bond donors (Lipinski definition) is 3. The minimum absolute atomic E-state index is 0.0387. The van der Waals surface area contributed by atoms with Crippen LogP contribution in [0.2, 0.25) is 0 Å². The van der Waals surface area contributed by atoms with Crippen molar-refractivity contribution in [2.24, 2.45) is 0 Å². The van der Waals surface area contributed by atoms with Gasteiger partial charge in [-0.25, -0.2) is 9.97 Å². The summed E-state index contributed by atoms with van der Waals surface area (Å²) in [6.45, 7) is 0.320. The monoisotopic (exact) mass is 336 g/mol. The molecule has 2 rings (SSSR count). The Morgan fingerprint density at radius 3 is 2.75 bits per heavy atom. The van der Waals surface area contributed by atoms with Gasteiger partial charge in [-0.05, 0) is 28.1 Å². The minimum Gasteiger partial charge on any atom is -0.481 e. The van der Waals surface area contributed by atoms with Crippen LogP contribution >= 0.6 is 15.9 Å². The number of rotatable bonds is 6. The summed E-state index contributed by atoms with van der Waals surface area (Å²) < 4.78 is 0.930. The van der Waals surface area contributed by atoms with Gasteiger partial charge in [-0.15, -0.1) is 0 Å². The first-order chi connectivity index (χ1) is 9.65. The highest BCUT2D eigenvalue weighted by Gasteiger charge is 2.03. The molecule has 0 aliphatic carbocycles. The number of para-hydroxylation sites is 1. The van der Waals surface area contributed by atoms with E-state index in [1.54, 1.807) is 6.07 Å². The largest absolute Gasteiger partial charge is 0.481 e. The molecule has 2 aromatic rings. The predicted molar refractivity (Wildman–Crippen MR) is 80.2 cm³/mol. The number of anilines is 3. The molecule has 1 heterocycles. The summed E-state index contributed by atoms with van der Waals surface area (Å²) in [5, 5.41) is 14.7. The van der Waals surface area contributed by atoms with Crippen LogP contribution in [0, 0.1) is 0 Å². The van der Waals surface area contributed by atoms with Crippen LogP contribution in [0.15, 0.2) is 41.1 Å². The number of aliphatic carboxylic acids is 1. The zero-order valence-electron chi connectivity index (χ0n) is 10.5. The molecule has 0 saturated carbocycles. The fourth-order valence-corrected chi connectivity index (χ4v) is 1.90.